The van der Waals surface area contributed by atoms with Crippen molar-refractivity contribution in [1.82, 2.24) is 10.6 Å². The summed E-state index contributed by atoms with van der Waals surface area (Å²) >= 11 is 1.90. The van der Waals surface area contributed by atoms with Gasteiger partial charge in [0.1, 0.15) is 0 Å². The first-order valence-electron chi connectivity index (χ1n) is 9.16. The minimum atomic E-state index is -0.242. The second-order valence-corrected chi connectivity index (χ2v) is 9.32. The SMILES string of the molecule is CNC(=O)CC(C)(C)CCSCCCOCCC(C)(C)CC(=O)NC#N. The third-order valence-electron chi connectivity index (χ3n) is 4.18. The summed E-state index contributed by atoms with van der Waals surface area (Å²) in [6.07, 6.45) is 5.35. The second-order valence-electron chi connectivity index (χ2n) is 8.09. The highest BCUT2D eigenvalue weighted by Gasteiger charge is 2.22. The van der Waals surface area contributed by atoms with Gasteiger partial charge in [0.2, 0.25) is 11.8 Å². The van der Waals surface area contributed by atoms with Gasteiger partial charge in [-0.15, -0.1) is 0 Å². The maximum atomic E-state index is 11.5. The van der Waals surface area contributed by atoms with Crippen LogP contribution in [-0.2, 0) is 14.3 Å². The molecule has 0 aliphatic heterocycles. The molecule has 2 N–H and O–H groups in total. The molecule has 7 heteroatoms. The van der Waals surface area contributed by atoms with Gasteiger partial charge >= 0.3 is 0 Å². The highest BCUT2D eigenvalue weighted by atomic mass is 32.2. The first-order chi connectivity index (χ1) is 12.1. The Bertz CT molecular complexity index is 473. The van der Waals surface area contributed by atoms with Crippen molar-refractivity contribution >= 4 is 23.6 Å². The van der Waals surface area contributed by atoms with E-state index in [1.54, 1.807) is 13.2 Å². The maximum absolute atomic E-state index is 11.5. The van der Waals surface area contributed by atoms with Crippen molar-refractivity contribution < 1.29 is 14.3 Å². The number of thioether (sulfide) groups is 1. The van der Waals surface area contributed by atoms with Crippen molar-refractivity contribution in [3.05, 3.63) is 0 Å². The van der Waals surface area contributed by atoms with E-state index in [2.05, 4.69) is 24.5 Å². The Kier molecular flexibility index (Phi) is 12.4. The molecule has 0 spiro atoms. The molecule has 0 unspecified atom stereocenters. The zero-order chi connectivity index (χ0) is 20.1. The molecule has 0 aromatic carbocycles. The lowest BCUT2D eigenvalue weighted by Crippen LogP contribution is -2.26. The molecular formula is C19H35N3O3S. The third-order valence-corrected chi connectivity index (χ3v) is 5.25. The minimum Gasteiger partial charge on any atom is -0.381 e. The van der Waals surface area contributed by atoms with Crippen LogP contribution in [0.5, 0.6) is 0 Å². The van der Waals surface area contributed by atoms with Crippen molar-refractivity contribution in [1.29, 1.82) is 5.26 Å². The number of hydrogen-bond donors (Lipinski definition) is 2. The van der Waals surface area contributed by atoms with Gasteiger partial charge in [0.05, 0.1) is 0 Å². The first-order valence-corrected chi connectivity index (χ1v) is 10.3. The molecule has 6 nitrogen and oxygen atoms in total. The van der Waals surface area contributed by atoms with Crippen LogP contribution in [0.3, 0.4) is 0 Å². The van der Waals surface area contributed by atoms with Gasteiger partial charge in [0.25, 0.3) is 0 Å². The molecule has 2 amide bonds. The molecule has 0 bridgehead atoms. The number of ether oxygens (including phenoxy) is 1. The number of nitrogens with zero attached hydrogens (tertiary/aromatic N) is 1. The Morgan fingerprint density at radius 3 is 2.23 bits per heavy atom. The van der Waals surface area contributed by atoms with Gasteiger partial charge in [0, 0.05) is 33.1 Å². The summed E-state index contributed by atoms with van der Waals surface area (Å²) in [6, 6.07) is 0. The van der Waals surface area contributed by atoms with Crippen LogP contribution in [0.15, 0.2) is 0 Å². The number of nitriles is 1. The van der Waals surface area contributed by atoms with E-state index in [1.807, 2.05) is 25.6 Å². The number of hydrogen-bond acceptors (Lipinski definition) is 5. The summed E-state index contributed by atoms with van der Waals surface area (Å²) in [6.45, 7) is 9.61. The molecule has 0 heterocycles. The Balaban J connectivity index is 3.66. The first kappa shape index (κ1) is 24.7. The van der Waals surface area contributed by atoms with E-state index < -0.39 is 0 Å². The summed E-state index contributed by atoms with van der Waals surface area (Å²) in [7, 11) is 1.68. The largest absolute Gasteiger partial charge is 0.381 e. The number of amides is 2. The number of nitrogens with one attached hydrogen (secondary N) is 2. The van der Waals surface area contributed by atoms with Gasteiger partial charge in [-0.2, -0.15) is 17.0 Å². The predicted molar refractivity (Wildman–Crippen MR) is 107 cm³/mol. The maximum Gasteiger partial charge on any atom is 0.233 e. The fourth-order valence-corrected chi connectivity index (χ4v) is 3.63. The van der Waals surface area contributed by atoms with Crippen LogP contribution in [0, 0.1) is 22.3 Å². The fourth-order valence-electron chi connectivity index (χ4n) is 2.41. The van der Waals surface area contributed by atoms with E-state index in [0.717, 1.165) is 37.4 Å². The van der Waals surface area contributed by atoms with Crippen LogP contribution in [0.1, 0.15) is 59.8 Å². The Labute approximate surface area is 162 Å². The normalized spacial score (nSPS) is 11.7. The summed E-state index contributed by atoms with van der Waals surface area (Å²) in [5, 5.41) is 13.3. The summed E-state index contributed by atoms with van der Waals surface area (Å²) in [5.41, 5.74) is -0.140. The van der Waals surface area contributed by atoms with E-state index in [0.29, 0.717) is 19.4 Å². The van der Waals surface area contributed by atoms with Crippen LogP contribution < -0.4 is 10.6 Å². The summed E-state index contributed by atoms with van der Waals surface area (Å²) in [4.78, 5) is 22.9. The molecule has 0 atom stereocenters. The van der Waals surface area contributed by atoms with Crippen LogP contribution in [0.4, 0.5) is 0 Å². The molecule has 26 heavy (non-hydrogen) atoms. The van der Waals surface area contributed by atoms with Gasteiger partial charge in [0.15, 0.2) is 6.19 Å². The lowest BCUT2D eigenvalue weighted by molar-refractivity contribution is -0.123. The molecule has 0 aliphatic carbocycles. The smallest absolute Gasteiger partial charge is 0.233 e. The van der Waals surface area contributed by atoms with Gasteiger partial charge in [-0.3, -0.25) is 14.9 Å². The summed E-state index contributed by atoms with van der Waals surface area (Å²) in [5.74, 6) is 1.95. The molecule has 0 aliphatic rings. The van der Waals surface area contributed by atoms with E-state index in [9.17, 15) is 9.59 Å². The van der Waals surface area contributed by atoms with Crippen molar-refractivity contribution in [3.8, 4) is 6.19 Å². The average molecular weight is 386 g/mol. The highest BCUT2D eigenvalue weighted by Crippen LogP contribution is 2.27. The zero-order valence-corrected chi connectivity index (χ0v) is 17.8. The molecule has 0 radical (unpaired) electrons. The monoisotopic (exact) mass is 385 g/mol. The molecule has 0 rings (SSSR count). The van der Waals surface area contributed by atoms with Crippen molar-refractivity contribution in [2.24, 2.45) is 10.8 Å². The van der Waals surface area contributed by atoms with E-state index in [4.69, 9.17) is 10.00 Å². The quantitative estimate of drug-likeness (QED) is 0.272. The van der Waals surface area contributed by atoms with Crippen molar-refractivity contribution in [2.45, 2.75) is 59.8 Å². The number of carbonyl (C=O) groups is 2. The standard InChI is InChI=1S/C19H35N3O3S/c1-18(2,14-17(24)22-15-20)7-10-25-9-6-11-26-12-8-19(3,4)13-16(23)21-5/h6-14H2,1-5H3,(H,21,23)(H,22,24). The van der Waals surface area contributed by atoms with Crippen molar-refractivity contribution in [3.63, 3.8) is 0 Å². The number of rotatable bonds is 14. The van der Waals surface area contributed by atoms with Crippen LogP contribution in [0.2, 0.25) is 0 Å². The molecule has 0 aromatic heterocycles. The van der Waals surface area contributed by atoms with E-state index in [-0.39, 0.29) is 22.6 Å². The molecule has 0 saturated carbocycles. The molecular weight excluding hydrogens is 350 g/mol. The van der Waals surface area contributed by atoms with Crippen LogP contribution in [0.25, 0.3) is 0 Å². The number of carbonyl (C=O) groups excluding carboxylic acids is 2. The average Bonchev–Trinajstić information content (AvgIpc) is 2.52. The fraction of sp³-hybridized carbons (Fsp3) is 0.842. The van der Waals surface area contributed by atoms with E-state index in [1.165, 1.54) is 0 Å². The molecule has 150 valence electrons. The summed E-state index contributed by atoms with van der Waals surface area (Å²) < 4.78 is 5.66. The molecule has 0 fully saturated rings. The van der Waals surface area contributed by atoms with E-state index >= 15 is 0 Å². The topological polar surface area (TPSA) is 91.2 Å². The van der Waals surface area contributed by atoms with Gasteiger partial charge in [-0.1, -0.05) is 27.7 Å². The molecule has 0 aromatic rings. The van der Waals surface area contributed by atoms with Crippen LogP contribution in [-0.4, -0.2) is 43.6 Å². The minimum absolute atomic E-state index is 0.0347. The molecule has 0 saturated heterocycles. The lowest BCUT2D eigenvalue weighted by Gasteiger charge is -2.23. The highest BCUT2D eigenvalue weighted by molar-refractivity contribution is 7.99. The van der Waals surface area contributed by atoms with Gasteiger partial charge in [-0.05, 0) is 41.6 Å². The second kappa shape index (κ2) is 13.0. The third kappa shape index (κ3) is 14.0. The Morgan fingerprint density at radius 2 is 1.62 bits per heavy atom. The van der Waals surface area contributed by atoms with Gasteiger partial charge < -0.3 is 10.1 Å². The lowest BCUT2D eigenvalue weighted by atomic mass is 9.86. The Morgan fingerprint density at radius 1 is 1.00 bits per heavy atom. The predicted octanol–water partition coefficient (Wildman–Crippen LogP) is 3.08. The van der Waals surface area contributed by atoms with Gasteiger partial charge in [-0.25, -0.2) is 0 Å². The van der Waals surface area contributed by atoms with Crippen molar-refractivity contribution in [2.75, 3.05) is 31.8 Å². The van der Waals surface area contributed by atoms with Crippen LogP contribution >= 0.6 is 11.8 Å². The zero-order valence-electron chi connectivity index (χ0n) is 16.9. The Hall–Kier alpha value is -1.26.